The van der Waals surface area contributed by atoms with Crippen LogP contribution in [0.25, 0.3) is 0 Å². The van der Waals surface area contributed by atoms with Crippen LogP contribution < -0.4 is 5.32 Å². The van der Waals surface area contributed by atoms with E-state index in [1.54, 1.807) is 4.90 Å². The fraction of sp³-hybridized carbons (Fsp3) is 0.462. The van der Waals surface area contributed by atoms with E-state index in [1.807, 2.05) is 0 Å². The number of benzene rings is 2. The number of nitrogens with one attached hydrogen (secondary N) is 1. The van der Waals surface area contributed by atoms with Crippen molar-refractivity contribution in [3.05, 3.63) is 59.2 Å². The average molecular weight is 472 g/mol. The number of carbonyl (C=O) groups is 2. The summed E-state index contributed by atoms with van der Waals surface area (Å²) in [4.78, 5) is 29.6. The Morgan fingerprint density at radius 3 is 2.35 bits per heavy atom. The van der Waals surface area contributed by atoms with Gasteiger partial charge in [0.05, 0.1) is 5.56 Å². The summed E-state index contributed by atoms with van der Waals surface area (Å²) in [6.07, 6.45) is 7.45. The van der Waals surface area contributed by atoms with Gasteiger partial charge in [-0.3, -0.25) is 9.59 Å². The number of aromatic hydroxyl groups is 1. The molecule has 2 aromatic rings. The Morgan fingerprint density at radius 1 is 0.912 bits per heavy atom. The lowest BCUT2D eigenvalue weighted by Crippen LogP contribution is -2.37. The van der Waals surface area contributed by atoms with Gasteiger partial charge in [0, 0.05) is 49.6 Å². The second-order valence-electron chi connectivity index (χ2n) is 9.29. The Kier molecular flexibility index (Phi) is 7.77. The minimum absolute atomic E-state index is 0.163. The quantitative estimate of drug-likeness (QED) is 0.666. The highest BCUT2D eigenvalue weighted by atomic mass is 19.1. The van der Waals surface area contributed by atoms with E-state index >= 15 is 0 Å². The molecule has 1 saturated carbocycles. The third kappa shape index (κ3) is 6.11. The van der Waals surface area contributed by atoms with Gasteiger partial charge in [-0.25, -0.2) is 8.78 Å². The number of anilines is 1. The first-order valence-electron chi connectivity index (χ1n) is 12.0. The predicted octanol–water partition coefficient (Wildman–Crippen LogP) is 4.65. The van der Waals surface area contributed by atoms with E-state index in [0.717, 1.165) is 44.1 Å². The summed E-state index contributed by atoms with van der Waals surface area (Å²) >= 11 is 0. The molecule has 0 atom stereocenters. The third-order valence-corrected chi connectivity index (χ3v) is 6.73. The van der Waals surface area contributed by atoms with Gasteiger partial charge in [-0.1, -0.05) is 19.3 Å². The van der Waals surface area contributed by atoms with Gasteiger partial charge in [-0.15, -0.1) is 0 Å². The molecule has 1 aliphatic heterocycles. The molecule has 182 valence electrons. The van der Waals surface area contributed by atoms with Crippen LogP contribution in [0.5, 0.6) is 5.75 Å². The Bertz CT molecular complexity index is 1020. The molecule has 0 spiro atoms. The molecule has 4 rings (SSSR count). The SMILES string of the molecule is O=C(Nc1ccc(C(=O)N2CCCN(CC3CCCCC3)CC2)c(O)c1)c1cc(F)cc(F)c1. The summed E-state index contributed by atoms with van der Waals surface area (Å²) in [5.74, 6) is -2.18. The third-order valence-electron chi connectivity index (χ3n) is 6.73. The van der Waals surface area contributed by atoms with E-state index < -0.39 is 17.5 Å². The van der Waals surface area contributed by atoms with Crippen molar-refractivity contribution in [1.29, 1.82) is 0 Å². The molecule has 1 aliphatic carbocycles. The van der Waals surface area contributed by atoms with Crippen molar-refractivity contribution in [1.82, 2.24) is 9.80 Å². The largest absolute Gasteiger partial charge is 0.507 e. The molecule has 2 N–H and O–H groups in total. The van der Waals surface area contributed by atoms with Gasteiger partial charge < -0.3 is 20.2 Å². The van der Waals surface area contributed by atoms with E-state index in [2.05, 4.69) is 10.2 Å². The summed E-state index contributed by atoms with van der Waals surface area (Å²) < 4.78 is 26.8. The highest BCUT2D eigenvalue weighted by Crippen LogP contribution is 2.26. The second kappa shape index (κ2) is 11.0. The second-order valence-corrected chi connectivity index (χ2v) is 9.29. The average Bonchev–Trinajstić information content (AvgIpc) is 3.04. The standard InChI is InChI=1S/C26H31F2N3O3/c27-20-13-19(14-21(28)15-20)25(33)29-22-7-8-23(24(32)16-22)26(34)31-10-4-9-30(11-12-31)17-18-5-2-1-3-6-18/h7-8,13-16,18,32H,1-6,9-12,17H2,(H,29,33). The van der Waals surface area contributed by atoms with Crippen molar-refractivity contribution >= 4 is 17.5 Å². The molecule has 0 bridgehead atoms. The van der Waals surface area contributed by atoms with Crippen LogP contribution >= 0.6 is 0 Å². The number of nitrogens with zero attached hydrogens (tertiary/aromatic N) is 2. The molecule has 0 radical (unpaired) electrons. The van der Waals surface area contributed by atoms with Crippen molar-refractivity contribution in [3.8, 4) is 5.75 Å². The first-order valence-corrected chi connectivity index (χ1v) is 12.0. The Hall–Kier alpha value is -3.00. The number of phenols is 1. The molecular weight excluding hydrogens is 440 g/mol. The summed E-state index contributed by atoms with van der Waals surface area (Å²) in [6, 6.07) is 6.76. The van der Waals surface area contributed by atoms with Crippen molar-refractivity contribution in [2.75, 3.05) is 38.0 Å². The molecule has 0 unspecified atom stereocenters. The van der Waals surface area contributed by atoms with Crippen LogP contribution in [-0.4, -0.2) is 59.4 Å². The molecular formula is C26H31F2N3O3. The summed E-state index contributed by atoms with van der Waals surface area (Å²) in [5, 5.41) is 13.0. The first kappa shape index (κ1) is 24.1. The zero-order valence-corrected chi connectivity index (χ0v) is 19.2. The molecule has 0 aromatic heterocycles. The van der Waals surface area contributed by atoms with Gasteiger partial charge in [-0.2, -0.15) is 0 Å². The van der Waals surface area contributed by atoms with E-state index in [4.69, 9.17) is 0 Å². The maximum Gasteiger partial charge on any atom is 0.257 e. The highest BCUT2D eigenvalue weighted by Gasteiger charge is 2.24. The molecule has 2 aromatic carbocycles. The zero-order chi connectivity index (χ0) is 24.1. The van der Waals surface area contributed by atoms with Crippen molar-refractivity contribution < 1.29 is 23.5 Å². The number of carbonyl (C=O) groups excluding carboxylic acids is 2. The van der Waals surface area contributed by atoms with Crippen molar-refractivity contribution in [3.63, 3.8) is 0 Å². The van der Waals surface area contributed by atoms with Gasteiger partial charge in [-0.05, 0) is 56.0 Å². The number of rotatable bonds is 5. The maximum atomic E-state index is 13.4. The predicted molar refractivity (Wildman–Crippen MR) is 126 cm³/mol. The van der Waals surface area contributed by atoms with E-state index in [-0.39, 0.29) is 28.5 Å². The van der Waals surface area contributed by atoms with Gasteiger partial charge in [0.1, 0.15) is 17.4 Å². The molecule has 2 fully saturated rings. The number of halogens is 2. The molecule has 1 heterocycles. The highest BCUT2D eigenvalue weighted by molar-refractivity contribution is 6.05. The van der Waals surface area contributed by atoms with Crippen LogP contribution in [0.1, 0.15) is 59.2 Å². The van der Waals surface area contributed by atoms with Gasteiger partial charge >= 0.3 is 0 Å². The zero-order valence-electron chi connectivity index (χ0n) is 19.2. The summed E-state index contributed by atoms with van der Waals surface area (Å²) in [6.45, 7) is 4.12. The van der Waals surface area contributed by atoms with Crippen LogP contribution in [0.15, 0.2) is 36.4 Å². The minimum atomic E-state index is -0.858. The van der Waals surface area contributed by atoms with Crippen LogP contribution in [0.4, 0.5) is 14.5 Å². The van der Waals surface area contributed by atoms with Crippen molar-refractivity contribution in [2.45, 2.75) is 38.5 Å². The summed E-state index contributed by atoms with van der Waals surface area (Å²) in [5.41, 5.74) is 0.202. The maximum absolute atomic E-state index is 13.4. The van der Waals surface area contributed by atoms with Crippen LogP contribution in [0.2, 0.25) is 0 Å². The fourth-order valence-electron chi connectivity index (χ4n) is 4.94. The Morgan fingerprint density at radius 2 is 1.65 bits per heavy atom. The number of hydrogen-bond acceptors (Lipinski definition) is 4. The van der Waals surface area contributed by atoms with Crippen LogP contribution in [0, 0.1) is 17.6 Å². The summed E-state index contributed by atoms with van der Waals surface area (Å²) in [7, 11) is 0. The molecule has 2 aliphatic rings. The lowest BCUT2D eigenvalue weighted by atomic mass is 9.89. The Labute approximate surface area is 198 Å². The monoisotopic (exact) mass is 471 g/mol. The molecule has 1 saturated heterocycles. The molecule has 6 nitrogen and oxygen atoms in total. The molecule has 8 heteroatoms. The van der Waals surface area contributed by atoms with Crippen LogP contribution in [0.3, 0.4) is 0 Å². The molecule has 34 heavy (non-hydrogen) atoms. The number of amides is 2. The Balaban J connectivity index is 1.36. The fourth-order valence-corrected chi connectivity index (χ4v) is 4.94. The van der Waals surface area contributed by atoms with E-state index in [0.29, 0.717) is 19.2 Å². The van der Waals surface area contributed by atoms with Crippen LogP contribution in [-0.2, 0) is 0 Å². The normalized spacial score (nSPS) is 17.9. The lowest BCUT2D eigenvalue weighted by Gasteiger charge is -2.28. The molecule has 2 amide bonds. The lowest BCUT2D eigenvalue weighted by molar-refractivity contribution is 0.0757. The van der Waals surface area contributed by atoms with Gasteiger partial charge in [0.15, 0.2) is 0 Å². The van der Waals surface area contributed by atoms with E-state index in [1.165, 1.54) is 50.3 Å². The van der Waals surface area contributed by atoms with Crippen molar-refractivity contribution in [2.24, 2.45) is 5.92 Å². The van der Waals surface area contributed by atoms with Gasteiger partial charge in [0.25, 0.3) is 11.8 Å². The number of phenolic OH excluding ortho intramolecular Hbond substituents is 1. The first-order chi connectivity index (χ1) is 16.4. The minimum Gasteiger partial charge on any atom is -0.507 e. The topological polar surface area (TPSA) is 72.9 Å². The van der Waals surface area contributed by atoms with E-state index in [9.17, 15) is 23.5 Å². The van der Waals surface area contributed by atoms with Gasteiger partial charge in [0.2, 0.25) is 0 Å². The number of hydrogen-bond donors (Lipinski definition) is 2. The smallest absolute Gasteiger partial charge is 0.257 e.